The number of carbonyl (C=O) groups excluding carboxylic acids is 1. The zero-order valence-electron chi connectivity index (χ0n) is 13.6. The molecule has 124 valence electrons. The first-order chi connectivity index (χ1) is 10.9. The summed E-state index contributed by atoms with van der Waals surface area (Å²) in [5.74, 6) is 0.219. The van der Waals surface area contributed by atoms with Gasteiger partial charge in [-0.3, -0.25) is 0 Å². The van der Waals surface area contributed by atoms with E-state index in [-0.39, 0.29) is 24.4 Å². The van der Waals surface area contributed by atoms with Crippen LogP contribution >= 0.6 is 0 Å². The summed E-state index contributed by atoms with van der Waals surface area (Å²) >= 11 is 0. The van der Waals surface area contributed by atoms with Crippen molar-refractivity contribution in [2.24, 2.45) is 0 Å². The van der Waals surface area contributed by atoms with Crippen molar-refractivity contribution in [3.8, 4) is 5.75 Å². The number of aliphatic hydroxyl groups is 1. The van der Waals surface area contributed by atoms with E-state index in [1.807, 2.05) is 24.3 Å². The molecule has 0 fully saturated rings. The Morgan fingerprint density at radius 1 is 1.17 bits per heavy atom. The largest absolute Gasteiger partial charge is 0.490 e. The minimum absolute atomic E-state index is 0.0402. The highest BCUT2D eigenvalue weighted by Crippen LogP contribution is 2.30. The number of benzene rings is 1. The average molecular weight is 318 g/mol. The molecule has 1 atom stereocenters. The third-order valence-corrected chi connectivity index (χ3v) is 3.26. The molecule has 0 bridgehead atoms. The Labute approximate surface area is 135 Å². The summed E-state index contributed by atoms with van der Waals surface area (Å²) in [6.07, 6.45) is 0.474. The van der Waals surface area contributed by atoms with Crippen molar-refractivity contribution in [3.63, 3.8) is 0 Å². The Morgan fingerprint density at radius 2 is 1.91 bits per heavy atom. The van der Waals surface area contributed by atoms with Crippen LogP contribution in [0.1, 0.15) is 36.9 Å². The Balaban J connectivity index is 1.85. The van der Waals surface area contributed by atoms with Crippen LogP contribution in [0.3, 0.4) is 0 Å². The quantitative estimate of drug-likeness (QED) is 0.829. The lowest BCUT2D eigenvalue weighted by Crippen LogP contribution is -2.26. The van der Waals surface area contributed by atoms with Gasteiger partial charge in [-0.15, -0.1) is 0 Å². The Bertz CT molecular complexity index is 625. The smallest absolute Gasteiger partial charge is 0.374 e. The minimum atomic E-state index is -0.915. The van der Waals surface area contributed by atoms with Crippen LogP contribution in [-0.2, 0) is 10.2 Å². The molecule has 1 heterocycles. The molecular formula is C18H22O5. The van der Waals surface area contributed by atoms with Crippen molar-refractivity contribution in [2.75, 3.05) is 13.2 Å². The predicted molar refractivity (Wildman–Crippen MR) is 85.6 cm³/mol. The number of esters is 1. The van der Waals surface area contributed by atoms with Crippen LogP contribution in [0.4, 0.5) is 0 Å². The highest BCUT2D eigenvalue weighted by atomic mass is 16.6. The van der Waals surface area contributed by atoms with E-state index in [1.54, 1.807) is 6.07 Å². The lowest BCUT2D eigenvalue weighted by atomic mass is 9.86. The van der Waals surface area contributed by atoms with Gasteiger partial charge in [0.05, 0.1) is 6.26 Å². The van der Waals surface area contributed by atoms with Crippen LogP contribution in [0.25, 0.3) is 0 Å². The number of ether oxygens (including phenoxy) is 2. The molecule has 0 aliphatic carbocycles. The molecule has 5 nitrogen and oxygen atoms in total. The minimum Gasteiger partial charge on any atom is -0.490 e. The molecule has 1 unspecified atom stereocenters. The van der Waals surface area contributed by atoms with Crippen LogP contribution in [-0.4, -0.2) is 30.4 Å². The van der Waals surface area contributed by atoms with Gasteiger partial charge in [0.2, 0.25) is 5.76 Å². The Hall–Kier alpha value is -2.27. The second kappa shape index (κ2) is 7.33. The van der Waals surface area contributed by atoms with Gasteiger partial charge in [-0.2, -0.15) is 0 Å². The molecule has 5 heteroatoms. The maximum Gasteiger partial charge on any atom is 0.374 e. The molecule has 0 aliphatic heterocycles. The second-order valence-electron chi connectivity index (χ2n) is 6.29. The van der Waals surface area contributed by atoms with Gasteiger partial charge < -0.3 is 19.0 Å². The van der Waals surface area contributed by atoms with Crippen molar-refractivity contribution in [1.82, 2.24) is 0 Å². The average Bonchev–Trinajstić information content (AvgIpc) is 3.04. The monoisotopic (exact) mass is 318 g/mol. The van der Waals surface area contributed by atoms with Crippen molar-refractivity contribution in [3.05, 3.63) is 54.0 Å². The van der Waals surface area contributed by atoms with Crippen molar-refractivity contribution in [1.29, 1.82) is 0 Å². The van der Waals surface area contributed by atoms with E-state index in [9.17, 15) is 9.90 Å². The van der Waals surface area contributed by atoms with E-state index in [2.05, 4.69) is 20.8 Å². The summed E-state index contributed by atoms with van der Waals surface area (Å²) in [6, 6.07) is 10.8. The lowest BCUT2D eigenvalue weighted by molar-refractivity contribution is 0.0104. The molecule has 0 saturated heterocycles. The van der Waals surface area contributed by atoms with Gasteiger partial charge in [0.1, 0.15) is 25.1 Å². The SMILES string of the molecule is CC(C)(C)c1ccccc1OCC(O)COC(=O)c1ccco1. The molecule has 1 aromatic carbocycles. The summed E-state index contributed by atoms with van der Waals surface area (Å²) < 4.78 is 15.6. The molecule has 0 saturated carbocycles. The van der Waals surface area contributed by atoms with Gasteiger partial charge in [0, 0.05) is 0 Å². The summed E-state index contributed by atoms with van der Waals surface area (Å²) in [5, 5.41) is 9.92. The zero-order valence-corrected chi connectivity index (χ0v) is 13.6. The van der Waals surface area contributed by atoms with Crippen LogP contribution in [0.15, 0.2) is 47.1 Å². The van der Waals surface area contributed by atoms with Crippen molar-refractivity contribution < 1.29 is 23.8 Å². The lowest BCUT2D eigenvalue weighted by Gasteiger charge is -2.23. The zero-order chi connectivity index (χ0) is 16.9. The van der Waals surface area contributed by atoms with Gasteiger partial charge in [-0.05, 0) is 29.2 Å². The number of hydrogen-bond acceptors (Lipinski definition) is 5. The Morgan fingerprint density at radius 3 is 2.57 bits per heavy atom. The first-order valence-electron chi connectivity index (χ1n) is 7.49. The summed E-state index contributed by atoms with van der Waals surface area (Å²) in [5.41, 5.74) is 0.993. The molecule has 1 aromatic heterocycles. The summed E-state index contributed by atoms with van der Waals surface area (Å²) in [7, 11) is 0. The van der Waals surface area contributed by atoms with E-state index >= 15 is 0 Å². The fraction of sp³-hybridized carbons (Fsp3) is 0.389. The first-order valence-corrected chi connectivity index (χ1v) is 7.49. The first kappa shape index (κ1) is 17.1. The molecule has 0 amide bonds. The van der Waals surface area contributed by atoms with Crippen LogP contribution in [0.5, 0.6) is 5.75 Å². The molecule has 2 rings (SSSR count). The number of carbonyl (C=O) groups is 1. The number of para-hydroxylation sites is 1. The number of aliphatic hydroxyl groups excluding tert-OH is 1. The molecule has 0 aliphatic rings. The fourth-order valence-corrected chi connectivity index (χ4v) is 2.08. The highest BCUT2D eigenvalue weighted by Gasteiger charge is 2.19. The molecule has 0 spiro atoms. The molecule has 0 radical (unpaired) electrons. The van der Waals surface area contributed by atoms with Crippen LogP contribution in [0.2, 0.25) is 0 Å². The van der Waals surface area contributed by atoms with Crippen molar-refractivity contribution >= 4 is 5.97 Å². The molecule has 1 N–H and O–H groups in total. The second-order valence-corrected chi connectivity index (χ2v) is 6.29. The number of rotatable bonds is 6. The topological polar surface area (TPSA) is 68.9 Å². The Kier molecular flexibility index (Phi) is 5.45. The number of furan rings is 1. The normalized spacial score (nSPS) is 12.7. The highest BCUT2D eigenvalue weighted by molar-refractivity contribution is 5.86. The molecule has 23 heavy (non-hydrogen) atoms. The van der Waals surface area contributed by atoms with Gasteiger partial charge in [-0.25, -0.2) is 4.79 Å². The van der Waals surface area contributed by atoms with Crippen molar-refractivity contribution in [2.45, 2.75) is 32.3 Å². The van der Waals surface area contributed by atoms with E-state index in [4.69, 9.17) is 13.9 Å². The third-order valence-electron chi connectivity index (χ3n) is 3.26. The number of hydrogen-bond donors (Lipinski definition) is 1. The van der Waals surface area contributed by atoms with E-state index < -0.39 is 12.1 Å². The summed E-state index contributed by atoms with van der Waals surface area (Å²) in [4.78, 5) is 11.6. The van der Waals surface area contributed by atoms with Crippen LogP contribution in [0, 0.1) is 0 Å². The fourth-order valence-electron chi connectivity index (χ4n) is 2.08. The van der Waals surface area contributed by atoms with E-state index in [1.165, 1.54) is 12.3 Å². The maximum atomic E-state index is 11.6. The van der Waals surface area contributed by atoms with Gasteiger partial charge in [0.25, 0.3) is 0 Å². The predicted octanol–water partition coefficient (Wildman–Crippen LogP) is 3.17. The molecular weight excluding hydrogens is 296 g/mol. The van der Waals surface area contributed by atoms with Gasteiger partial charge >= 0.3 is 5.97 Å². The molecule has 2 aromatic rings. The van der Waals surface area contributed by atoms with Gasteiger partial charge in [-0.1, -0.05) is 39.0 Å². The van der Waals surface area contributed by atoms with E-state index in [0.717, 1.165) is 11.3 Å². The standard InChI is InChI=1S/C18H22O5/c1-18(2,3)14-7-4-5-8-15(14)22-11-13(19)12-23-17(20)16-9-6-10-21-16/h4-10,13,19H,11-12H2,1-3H3. The maximum absolute atomic E-state index is 11.6. The van der Waals surface area contributed by atoms with Gasteiger partial charge in [0.15, 0.2) is 0 Å². The third kappa shape index (κ3) is 4.86. The van der Waals surface area contributed by atoms with E-state index in [0.29, 0.717) is 0 Å². The van der Waals surface area contributed by atoms with Crippen LogP contribution < -0.4 is 4.74 Å². The summed E-state index contributed by atoms with van der Waals surface area (Å²) in [6.45, 7) is 6.17.